The van der Waals surface area contributed by atoms with Gasteiger partial charge in [-0.15, -0.1) is 0 Å². The lowest BCUT2D eigenvalue weighted by molar-refractivity contribution is -0.116. The van der Waals surface area contributed by atoms with Crippen molar-refractivity contribution in [2.45, 2.75) is 31.2 Å². The highest BCUT2D eigenvalue weighted by atomic mass is 32.2. The zero-order chi connectivity index (χ0) is 19.2. The van der Waals surface area contributed by atoms with E-state index in [1.165, 1.54) is 13.0 Å². The molecule has 0 unspecified atom stereocenters. The minimum Gasteiger partial charge on any atom is -0.309 e. The van der Waals surface area contributed by atoms with Crippen molar-refractivity contribution >= 4 is 38.2 Å². The van der Waals surface area contributed by atoms with E-state index >= 15 is 0 Å². The molecular formula is C20H19N3O3S. The number of para-hydroxylation sites is 1. The number of nitrogens with one attached hydrogen (secondary N) is 1. The number of hydrogen-bond acceptors (Lipinski definition) is 4. The molecule has 2 heterocycles. The van der Waals surface area contributed by atoms with Crippen LogP contribution in [0.15, 0.2) is 59.6 Å². The number of amides is 1. The topological polar surface area (TPSA) is 79.4 Å². The van der Waals surface area contributed by atoms with Gasteiger partial charge in [-0.1, -0.05) is 18.2 Å². The molecule has 1 aliphatic heterocycles. The summed E-state index contributed by atoms with van der Waals surface area (Å²) >= 11 is 0. The zero-order valence-corrected chi connectivity index (χ0v) is 15.8. The maximum atomic E-state index is 12.9. The maximum absolute atomic E-state index is 12.9. The van der Waals surface area contributed by atoms with E-state index in [4.69, 9.17) is 0 Å². The van der Waals surface area contributed by atoms with Gasteiger partial charge in [-0.05, 0) is 49.2 Å². The second-order valence-electron chi connectivity index (χ2n) is 6.72. The van der Waals surface area contributed by atoms with Crippen LogP contribution in [-0.4, -0.2) is 25.4 Å². The largest absolute Gasteiger partial charge is 0.309 e. The Balaban J connectivity index is 1.71. The number of aromatic nitrogens is 1. The van der Waals surface area contributed by atoms with Gasteiger partial charge in [0.25, 0.3) is 10.0 Å². The number of sulfonamides is 1. The lowest BCUT2D eigenvalue weighted by atomic mass is 10.1. The van der Waals surface area contributed by atoms with Gasteiger partial charge < -0.3 is 4.90 Å². The van der Waals surface area contributed by atoms with Gasteiger partial charge in [0.05, 0.1) is 16.1 Å². The van der Waals surface area contributed by atoms with Crippen LogP contribution in [0, 0.1) is 0 Å². The van der Waals surface area contributed by atoms with Crippen LogP contribution < -0.4 is 9.62 Å². The molecule has 4 rings (SSSR count). The number of nitrogens with zero attached hydrogens (tertiary/aromatic N) is 2. The van der Waals surface area contributed by atoms with Gasteiger partial charge in [-0.2, -0.15) is 0 Å². The van der Waals surface area contributed by atoms with Crippen molar-refractivity contribution in [1.29, 1.82) is 0 Å². The van der Waals surface area contributed by atoms with E-state index in [2.05, 4.69) is 9.71 Å². The SMILES string of the molecule is CC(=O)N1c2ccc(S(=O)(=O)Nc3cccc4cccnc34)cc2C[C@@H]1C. The summed E-state index contributed by atoms with van der Waals surface area (Å²) in [4.78, 5) is 18.0. The number of pyridine rings is 1. The van der Waals surface area contributed by atoms with Crippen molar-refractivity contribution in [3.63, 3.8) is 0 Å². The molecule has 0 radical (unpaired) electrons. The molecule has 0 spiro atoms. The van der Waals surface area contributed by atoms with Crippen LogP contribution in [0.2, 0.25) is 0 Å². The summed E-state index contributed by atoms with van der Waals surface area (Å²) < 4.78 is 28.5. The molecule has 2 aromatic carbocycles. The Kier molecular flexibility index (Phi) is 4.11. The molecule has 0 saturated carbocycles. The van der Waals surface area contributed by atoms with E-state index in [1.54, 1.807) is 35.4 Å². The first-order valence-corrected chi connectivity index (χ1v) is 10.1. The first-order valence-electron chi connectivity index (χ1n) is 8.66. The maximum Gasteiger partial charge on any atom is 0.261 e. The van der Waals surface area contributed by atoms with Crippen molar-refractivity contribution in [1.82, 2.24) is 4.98 Å². The fourth-order valence-electron chi connectivity index (χ4n) is 3.64. The number of anilines is 2. The Morgan fingerprint density at radius 2 is 1.96 bits per heavy atom. The quantitative estimate of drug-likeness (QED) is 0.755. The minimum atomic E-state index is -3.78. The second-order valence-corrected chi connectivity index (χ2v) is 8.40. The second kappa shape index (κ2) is 6.35. The number of carbonyl (C=O) groups is 1. The Morgan fingerprint density at radius 1 is 1.19 bits per heavy atom. The van der Waals surface area contributed by atoms with E-state index in [0.717, 1.165) is 16.6 Å². The minimum absolute atomic E-state index is 0.0191. The van der Waals surface area contributed by atoms with Gasteiger partial charge in [0.2, 0.25) is 5.91 Å². The predicted octanol–water partition coefficient (Wildman–Crippen LogP) is 3.33. The Morgan fingerprint density at radius 3 is 2.74 bits per heavy atom. The average molecular weight is 381 g/mol. The molecule has 1 amide bonds. The zero-order valence-electron chi connectivity index (χ0n) is 15.0. The van der Waals surface area contributed by atoms with E-state index in [9.17, 15) is 13.2 Å². The van der Waals surface area contributed by atoms with E-state index in [-0.39, 0.29) is 16.8 Å². The fourth-order valence-corrected chi connectivity index (χ4v) is 4.76. The molecule has 6 nitrogen and oxygen atoms in total. The third kappa shape index (κ3) is 3.04. The summed E-state index contributed by atoms with van der Waals surface area (Å²) in [5.74, 6) is -0.0446. The highest BCUT2D eigenvalue weighted by molar-refractivity contribution is 7.92. The van der Waals surface area contributed by atoms with Crippen LogP contribution in [0.3, 0.4) is 0 Å². The Hall–Kier alpha value is -2.93. The molecular weight excluding hydrogens is 362 g/mol. The van der Waals surface area contributed by atoms with Crippen LogP contribution in [-0.2, 0) is 21.2 Å². The summed E-state index contributed by atoms with van der Waals surface area (Å²) in [6, 6.07) is 14.0. The third-order valence-electron chi connectivity index (χ3n) is 4.79. The number of hydrogen-bond donors (Lipinski definition) is 1. The molecule has 0 bridgehead atoms. The number of carbonyl (C=O) groups excluding carboxylic acids is 1. The Labute approximate surface area is 157 Å². The van der Waals surface area contributed by atoms with E-state index in [0.29, 0.717) is 17.6 Å². The predicted molar refractivity (Wildman–Crippen MR) is 105 cm³/mol. The lowest BCUT2D eigenvalue weighted by Crippen LogP contribution is -2.33. The summed E-state index contributed by atoms with van der Waals surface area (Å²) in [5, 5.41) is 0.859. The van der Waals surface area contributed by atoms with Crippen molar-refractivity contribution in [2.24, 2.45) is 0 Å². The summed E-state index contributed by atoms with van der Waals surface area (Å²) in [5.41, 5.74) is 2.67. The molecule has 27 heavy (non-hydrogen) atoms. The molecule has 138 valence electrons. The molecule has 3 aromatic rings. The monoisotopic (exact) mass is 381 g/mol. The van der Waals surface area contributed by atoms with Crippen LogP contribution >= 0.6 is 0 Å². The number of benzene rings is 2. The fraction of sp³-hybridized carbons (Fsp3) is 0.200. The summed E-state index contributed by atoms with van der Waals surface area (Å²) in [6.45, 7) is 3.47. The van der Waals surface area contributed by atoms with Gasteiger partial charge in [0.15, 0.2) is 0 Å². The van der Waals surface area contributed by atoms with Crippen LogP contribution in [0.4, 0.5) is 11.4 Å². The molecule has 1 atom stereocenters. The first kappa shape index (κ1) is 17.5. The van der Waals surface area contributed by atoms with Crippen molar-refractivity contribution < 1.29 is 13.2 Å². The van der Waals surface area contributed by atoms with Crippen molar-refractivity contribution in [3.05, 3.63) is 60.3 Å². The third-order valence-corrected chi connectivity index (χ3v) is 6.16. The molecule has 7 heteroatoms. The number of rotatable bonds is 3. The Bertz CT molecular complexity index is 1150. The lowest BCUT2D eigenvalue weighted by Gasteiger charge is -2.20. The van der Waals surface area contributed by atoms with E-state index < -0.39 is 10.0 Å². The molecule has 0 fully saturated rings. The summed E-state index contributed by atoms with van der Waals surface area (Å²) in [6.07, 6.45) is 2.27. The van der Waals surface area contributed by atoms with Gasteiger partial charge in [0.1, 0.15) is 0 Å². The smallest absolute Gasteiger partial charge is 0.261 e. The molecule has 0 saturated heterocycles. The van der Waals surface area contributed by atoms with Gasteiger partial charge in [0, 0.05) is 30.2 Å². The highest BCUT2D eigenvalue weighted by Gasteiger charge is 2.30. The summed E-state index contributed by atoms with van der Waals surface area (Å²) in [7, 11) is -3.78. The van der Waals surface area contributed by atoms with Crippen LogP contribution in [0.5, 0.6) is 0 Å². The number of fused-ring (bicyclic) bond motifs is 2. The molecule has 1 N–H and O–H groups in total. The average Bonchev–Trinajstić information content (AvgIpc) is 2.97. The normalized spacial score (nSPS) is 16.4. The molecule has 1 aliphatic rings. The first-order chi connectivity index (χ1) is 12.9. The molecule has 1 aromatic heterocycles. The van der Waals surface area contributed by atoms with Crippen LogP contribution in [0.1, 0.15) is 19.4 Å². The van der Waals surface area contributed by atoms with Gasteiger partial charge in [-0.25, -0.2) is 8.42 Å². The van der Waals surface area contributed by atoms with Crippen LogP contribution in [0.25, 0.3) is 10.9 Å². The van der Waals surface area contributed by atoms with Crippen molar-refractivity contribution in [3.8, 4) is 0 Å². The highest BCUT2D eigenvalue weighted by Crippen LogP contribution is 2.34. The van der Waals surface area contributed by atoms with E-state index in [1.807, 2.05) is 25.1 Å². The molecule has 0 aliphatic carbocycles. The van der Waals surface area contributed by atoms with Gasteiger partial charge in [-0.3, -0.25) is 14.5 Å². The van der Waals surface area contributed by atoms with Crippen molar-refractivity contribution in [2.75, 3.05) is 9.62 Å². The van der Waals surface area contributed by atoms with Gasteiger partial charge >= 0.3 is 0 Å². The standard InChI is InChI=1S/C20H19N3O3S/c1-13-11-16-12-17(8-9-19(16)23(13)14(2)24)27(25,26)22-18-7-3-5-15-6-4-10-21-20(15)18/h3-10,12-13,22H,11H2,1-2H3/t13-/m0/s1.